The summed E-state index contributed by atoms with van der Waals surface area (Å²) < 4.78 is 33.5. The zero-order valence-electron chi connectivity index (χ0n) is 16.9. The number of ether oxygens (including phenoxy) is 1. The first kappa shape index (κ1) is 21.2. The van der Waals surface area contributed by atoms with Crippen LogP contribution in [0, 0.1) is 11.6 Å². The lowest BCUT2D eigenvalue weighted by Gasteiger charge is -2.12. The largest absolute Gasteiger partial charge is 0.497 e. The molecule has 8 heteroatoms. The zero-order valence-corrected chi connectivity index (χ0v) is 16.9. The molecule has 1 amide bonds. The van der Waals surface area contributed by atoms with Crippen molar-refractivity contribution in [1.82, 2.24) is 15.3 Å². The lowest BCUT2D eigenvalue weighted by Crippen LogP contribution is -2.15. The van der Waals surface area contributed by atoms with Gasteiger partial charge in [-0.3, -0.25) is 4.79 Å². The van der Waals surface area contributed by atoms with Crippen molar-refractivity contribution < 1.29 is 18.3 Å². The van der Waals surface area contributed by atoms with Crippen molar-refractivity contribution in [3.63, 3.8) is 0 Å². The van der Waals surface area contributed by atoms with Crippen LogP contribution in [0.25, 0.3) is 11.4 Å². The fourth-order valence-electron chi connectivity index (χ4n) is 3.01. The summed E-state index contributed by atoms with van der Waals surface area (Å²) in [5, 5.41) is 5.74. The Morgan fingerprint density at radius 3 is 2.33 bits per heavy atom. The highest BCUT2D eigenvalue weighted by Gasteiger charge is 2.28. The highest BCUT2D eigenvalue weighted by molar-refractivity contribution is 6.02. The summed E-state index contributed by atoms with van der Waals surface area (Å²) in [4.78, 5) is 20.6. The molecule has 0 aliphatic carbocycles. The van der Waals surface area contributed by atoms with Gasteiger partial charge < -0.3 is 15.4 Å². The molecule has 1 aliphatic heterocycles. The Balaban J connectivity index is 0.00000124. The van der Waals surface area contributed by atoms with Crippen molar-refractivity contribution >= 4 is 11.7 Å². The number of fused-ring (bicyclic) bond motifs is 1. The Hall–Kier alpha value is -3.55. The number of rotatable bonds is 5. The maximum absolute atomic E-state index is 14.2. The predicted molar refractivity (Wildman–Crippen MR) is 110 cm³/mol. The summed E-state index contributed by atoms with van der Waals surface area (Å²) in [6, 6.07) is 10.9. The second kappa shape index (κ2) is 9.30. The molecule has 2 N–H and O–H groups in total. The maximum Gasteiger partial charge on any atom is 0.257 e. The fraction of sp³-hybridized carbons (Fsp3) is 0.227. The number of nitrogens with one attached hydrogen (secondary N) is 2. The van der Waals surface area contributed by atoms with Crippen LogP contribution in [0.3, 0.4) is 0 Å². The van der Waals surface area contributed by atoms with Gasteiger partial charge in [0.1, 0.15) is 28.8 Å². The number of anilines is 1. The predicted octanol–water partition coefficient (Wildman–Crippen LogP) is 4.31. The molecule has 156 valence electrons. The van der Waals surface area contributed by atoms with E-state index in [0.29, 0.717) is 12.2 Å². The van der Waals surface area contributed by atoms with Crippen molar-refractivity contribution in [1.29, 1.82) is 0 Å². The summed E-state index contributed by atoms with van der Waals surface area (Å²) in [6.45, 7) is 4.54. The average molecular weight is 412 g/mol. The van der Waals surface area contributed by atoms with Crippen LogP contribution in [0.15, 0.2) is 42.5 Å². The normalized spacial score (nSPS) is 11.8. The number of halogens is 2. The standard InChI is InChI=1S/C20H16F2N4O2.C2H6/c1-28-12-7-5-11(6-8-12)9-23-18-17-15(10-24-20(17)27)25-19(26-18)16-13(21)3-2-4-14(16)22;1-2/h2-8H,9-10H2,1H3,(H,24,27)(H,23,25,26);1-2H3. The van der Waals surface area contributed by atoms with Gasteiger partial charge in [-0.1, -0.05) is 32.0 Å². The minimum absolute atomic E-state index is 0.108. The van der Waals surface area contributed by atoms with Gasteiger partial charge in [-0.15, -0.1) is 0 Å². The minimum Gasteiger partial charge on any atom is -0.497 e. The number of benzene rings is 2. The third-order valence-corrected chi connectivity index (χ3v) is 4.43. The number of carbonyl (C=O) groups is 1. The fourth-order valence-corrected chi connectivity index (χ4v) is 3.01. The van der Waals surface area contributed by atoms with E-state index < -0.39 is 11.6 Å². The van der Waals surface area contributed by atoms with Crippen LogP contribution in [-0.4, -0.2) is 23.0 Å². The number of hydrogen-bond donors (Lipinski definition) is 2. The number of aromatic nitrogens is 2. The Morgan fingerprint density at radius 2 is 1.70 bits per heavy atom. The quantitative estimate of drug-likeness (QED) is 0.653. The van der Waals surface area contributed by atoms with E-state index >= 15 is 0 Å². The van der Waals surface area contributed by atoms with Crippen LogP contribution in [0.4, 0.5) is 14.6 Å². The van der Waals surface area contributed by atoms with Crippen molar-refractivity contribution in [2.24, 2.45) is 0 Å². The summed E-state index contributed by atoms with van der Waals surface area (Å²) in [5.41, 5.74) is 1.28. The first-order chi connectivity index (χ1) is 14.6. The highest BCUT2D eigenvalue weighted by atomic mass is 19.1. The number of amides is 1. The van der Waals surface area contributed by atoms with E-state index in [1.807, 2.05) is 38.1 Å². The Bertz CT molecular complexity index is 1040. The van der Waals surface area contributed by atoms with E-state index in [1.54, 1.807) is 7.11 Å². The summed E-state index contributed by atoms with van der Waals surface area (Å²) in [7, 11) is 1.58. The van der Waals surface area contributed by atoms with Gasteiger partial charge in [0.25, 0.3) is 5.91 Å². The van der Waals surface area contributed by atoms with E-state index in [-0.39, 0.29) is 35.2 Å². The van der Waals surface area contributed by atoms with Crippen molar-refractivity contribution in [2.75, 3.05) is 12.4 Å². The molecule has 0 unspecified atom stereocenters. The van der Waals surface area contributed by atoms with Gasteiger partial charge in [0.05, 0.1) is 24.9 Å². The molecule has 30 heavy (non-hydrogen) atoms. The third-order valence-electron chi connectivity index (χ3n) is 4.43. The Morgan fingerprint density at radius 1 is 1.03 bits per heavy atom. The number of hydrogen-bond acceptors (Lipinski definition) is 5. The smallest absolute Gasteiger partial charge is 0.257 e. The van der Waals surface area contributed by atoms with Gasteiger partial charge in [0.2, 0.25) is 0 Å². The molecule has 0 radical (unpaired) electrons. The van der Waals surface area contributed by atoms with Gasteiger partial charge in [-0.2, -0.15) is 0 Å². The van der Waals surface area contributed by atoms with Crippen LogP contribution in [0.1, 0.15) is 35.5 Å². The Labute approximate surface area is 173 Å². The van der Waals surface area contributed by atoms with Crippen molar-refractivity contribution in [3.05, 3.63) is 70.9 Å². The van der Waals surface area contributed by atoms with Crippen LogP contribution in [-0.2, 0) is 13.1 Å². The molecule has 3 aromatic rings. The highest BCUT2D eigenvalue weighted by Crippen LogP contribution is 2.29. The molecule has 0 spiro atoms. The summed E-state index contributed by atoms with van der Waals surface area (Å²) in [5.74, 6) is -1.01. The molecule has 1 aliphatic rings. The second-order valence-electron chi connectivity index (χ2n) is 6.20. The zero-order chi connectivity index (χ0) is 21.7. The molecular formula is C22H22F2N4O2. The monoisotopic (exact) mass is 412 g/mol. The second-order valence-corrected chi connectivity index (χ2v) is 6.20. The minimum atomic E-state index is -0.765. The number of carbonyl (C=O) groups excluding carboxylic acids is 1. The van der Waals surface area contributed by atoms with E-state index in [1.165, 1.54) is 6.07 Å². The van der Waals surface area contributed by atoms with E-state index in [4.69, 9.17) is 4.74 Å². The Kier molecular flexibility index (Phi) is 6.56. The van der Waals surface area contributed by atoms with Gasteiger partial charge in [-0.05, 0) is 29.8 Å². The lowest BCUT2D eigenvalue weighted by atomic mass is 10.1. The number of nitrogens with zero attached hydrogens (tertiary/aromatic N) is 2. The van der Waals surface area contributed by atoms with Gasteiger partial charge in [0.15, 0.2) is 5.82 Å². The van der Waals surface area contributed by atoms with Gasteiger partial charge in [-0.25, -0.2) is 18.7 Å². The molecule has 6 nitrogen and oxygen atoms in total. The van der Waals surface area contributed by atoms with Crippen LogP contribution >= 0.6 is 0 Å². The van der Waals surface area contributed by atoms with Crippen molar-refractivity contribution in [2.45, 2.75) is 26.9 Å². The molecule has 0 saturated heterocycles. The topological polar surface area (TPSA) is 76.1 Å². The van der Waals surface area contributed by atoms with E-state index in [2.05, 4.69) is 20.6 Å². The average Bonchev–Trinajstić information content (AvgIpc) is 3.14. The van der Waals surface area contributed by atoms with E-state index in [9.17, 15) is 13.6 Å². The lowest BCUT2D eigenvalue weighted by molar-refractivity contribution is 0.0966. The molecule has 2 aromatic carbocycles. The third kappa shape index (κ3) is 4.22. The van der Waals surface area contributed by atoms with Crippen LogP contribution in [0.2, 0.25) is 0 Å². The molecular weight excluding hydrogens is 390 g/mol. The maximum atomic E-state index is 14.2. The molecule has 0 fully saturated rings. The van der Waals surface area contributed by atoms with Gasteiger partial charge in [0, 0.05) is 6.54 Å². The van der Waals surface area contributed by atoms with E-state index in [0.717, 1.165) is 23.4 Å². The SMILES string of the molecule is CC.COc1ccc(CNc2nc(-c3c(F)cccc3F)nc3c2C(=O)NC3)cc1. The summed E-state index contributed by atoms with van der Waals surface area (Å²) in [6.07, 6.45) is 0. The molecule has 0 atom stereocenters. The molecule has 2 heterocycles. The molecule has 1 aromatic heterocycles. The molecule has 4 rings (SSSR count). The first-order valence-electron chi connectivity index (χ1n) is 9.57. The van der Waals surface area contributed by atoms with Gasteiger partial charge >= 0.3 is 0 Å². The van der Waals surface area contributed by atoms with Crippen LogP contribution in [0.5, 0.6) is 5.75 Å². The van der Waals surface area contributed by atoms with Crippen molar-refractivity contribution in [3.8, 4) is 17.1 Å². The number of methoxy groups -OCH3 is 1. The molecule has 0 bridgehead atoms. The summed E-state index contributed by atoms with van der Waals surface area (Å²) >= 11 is 0. The first-order valence-corrected chi connectivity index (χ1v) is 9.57. The van der Waals surface area contributed by atoms with Crippen LogP contribution < -0.4 is 15.4 Å². The molecule has 0 saturated carbocycles.